The van der Waals surface area contributed by atoms with Crippen molar-refractivity contribution in [1.82, 2.24) is 4.90 Å². The van der Waals surface area contributed by atoms with Crippen LogP contribution in [-0.2, 0) is 9.53 Å². The van der Waals surface area contributed by atoms with E-state index < -0.39 is 12.0 Å². The third-order valence-corrected chi connectivity index (χ3v) is 3.16. The number of hydrogen-bond acceptors (Lipinski definition) is 4. The van der Waals surface area contributed by atoms with Gasteiger partial charge in [-0.1, -0.05) is 6.07 Å². The van der Waals surface area contributed by atoms with E-state index in [2.05, 4.69) is 0 Å². The van der Waals surface area contributed by atoms with Crippen LogP contribution in [0.2, 0.25) is 0 Å². The van der Waals surface area contributed by atoms with Crippen molar-refractivity contribution in [2.24, 2.45) is 5.73 Å². The Labute approximate surface area is 111 Å². The van der Waals surface area contributed by atoms with Crippen molar-refractivity contribution in [3.63, 3.8) is 0 Å². The molecular weight excluding hydrogens is 246 g/mol. The summed E-state index contributed by atoms with van der Waals surface area (Å²) in [7, 11) is 0. The Balaban J connectivity index is 2.19. The molecule has 1 saturated heterocycles. The van der Waals surface area contributed by atoms with Crippen LogP contribution in [0.1, 0.15) is 15.9 Å². The van der Waals surface area contributed by atoms with E-state index in [-0.39, 0.29) is 12.5 Å². The van der Waals surface area contributed by atoms with Gasteiger partial charge in [-0.15, -0.1) is 0 Å². The largest absolute Gasteiger partial charge is 0.399 e. The molecule has 1 aliphatic rings. The highest BCUT2D eigenvalue weighted by Crippen LogP contribution is 2.17. The van der Waals surface area contributed by atoms with Crippen LogP contribution in [0.4, 0.5) is 5.69 Å². The molecule has 0 radical (unpaired) electrons. The first-order chi connectivity index (χ1) is 8.99. The Bertz CT molecular complexity index is 516. The number of rotatable bonds is 2. The van der Waals surface area contributed by atoms with Gasteiger partial charge in [-0.05, 0) is 24.6 Å². The van der Waals surface area contributed by atoms with Gasteiger partial charge in [0.05, 0.1) is 13.2 Å². The summed E-state index contributed by atoms with van der Waals surface area (Å²) in [6, 6.07) is 5.19. The van der Waals surface area contributed by atoms with Crippen LogP contribution in [0, 0.1) is 6.92 Å². The number of benzene rings is 1. The lowest BCUT2D eigenvalue weighted by molar-refractivity contribution is -0.133. The number of aryl methyl sites for hydroxylation is 1. The first-order valence-corrected chi connectivity index (χ1v) is 6.05. The smallest absolute Gasteiger partial charge is 0.254 e. The maximum absolute atomic E-state index is 12.4. The molecule has 1 aromatic rings. The van der Waals surface area contributed by atoms with Crippen molar-refractivity contribution < 1.29 is 14.3 Å². The van der Waals surface area contributed by atoms with Crippen LogP contribution >= 0.6 is 0 Å². The number of anilines is 1. The molecule has 6 nitrogen and oxygen atoms in total. The zero-order valence-corrected chi connectivity index (χ0v) is 10.8. The Morgan fingerprint density at radius 2 is 2.16 bits per heavy atom. The molecule has 0 bridgehead atoms. The van der Waals surface area contributed by atoms with Crippen LogP contribution in [0.3, 0.4) is 0 Å². The van der Waals surface area contributed by atoms with Crippen molar-refractivity contribution in [1.29, 1.82) is 0 Å². The zero-order chi connectivity index (χ0) is 14.0. The third-order valence-electron chi connectivity index (χ3n) is 3.16. The van der Waals surface area contributed by atoms with Crippen molar-refractivity contribution in [3.8, 4) is 0 Å². The van der Waals surface area contributed by atoms with Gasteiger partial charge in [0.25, 0.3) is 5.91 Å². The molecule has 1 aromatic carbocycles. The minimum Gasteiger partial charge on any atom is -0.399 e. The molecule has 1 fully saturated rings. The lowest BCUT2D eigenvalue weighted by Crippen LogP contribution is -2.50. The van der Waals surface area contributed by atoms with Crippen LogP contribution in [0.25, 0.3) is 0 Å². The molecule has 19 heavy (non-hydrogen) atoms. The van der Waals surface area contributed by atoms with Crippen molar-refractivity contribution in [2.45, 2.75) is 13.0 Å². The van der Waals surface area contributed by atoms with Gasteiger partial charge < -0.3 is 21.1 Å². The minimum atomic E-state index is -0.737. The van der Waals surface area contributed by atoms with Gasteiger partial charge in [0, 0.05) is 17.8 Å². The van der Waals surface area contributed by atoms with Gasteiger partial charge in [0.2, 0.25) is 5.91 Å². The molecule has 1 atom stereocenters. The van der Waals surface area contributed by atoms with Crippen LogP contribution < -0.4 is 11.5 Å². The Hall–Kier alpha value is -2.08. The maximum atomic E-state index is 12.4. The molecule has 2 amide bonds. The number of carbonyl (C=O) groups is 2. The highest BCUT2D eigenvalue weighted by atomic mass is 16.5. The second-order valence-electron chi connectivity index (χ2n) is 4.59. The van der Waals surface area contributed by atoms with E-state index in [9.17, 15) is 9.59 Å². The van der Waals surface area contributed by atoms with Gasteiger partial charge in [0.15, 0.2) is 6.10 Å². The second-order valence-corrected chi connectivity index (χ2v) is 4.59. The number of primary amides is 1. The summed E-state index contributed by atoms with van der Waals surface area (Å²) in [5.74, 6) is -0.707. The lowest BCUT2D eigenvalue weighted by Gasteiger charge is -2.31. The van der Waals surface area contributed by atoms with Crippen molar-refractivity contribution in [2.75, 3.05) is 25.4 Å². The molecule has 0 aromatic heterocycles. The van der Waals surface area contributed by atoms with E-state index in [1.165, 1.54) is 0 Å². The number of carbonyl (C=O) groups excluding carboxylic acids is 2. The Morgan fingerprint density at radius 3 is 2.84 bits per heavy atom. The molecule has 0 spiro atoms. The number of morpholine rings is 1. The number of nitrogens with two attached hydrogens (primary N) is 2. The van der Waals surface area contributed by atoms with E-state index >= 15 is 0 Å². The van der Waals surface area contributed by atoms with Gasteiger partial charge in [-0.3, -0.25) is 9.59 Å². The fourth-order valence-corrected chi connectivity index (χ4v) is 2.05. The first-order valence-electron chi connectivity index (χ1n) is 6.05. The summed E-state index contributed by atoms with van der Waals surface area (Å²) < 4.78 is 5.22. The maximum Gasteiger partial charge on any atom is 0.254 e. The molecule has 0 saturated carbocycles. The molecule has 102 valence electrons. The standard InChI is InChI=1S/C13H17N3O3/c1-8-2-3-9(14)6-10(8)13(18)16-4-5-19-11(7-16)12(15)17/h2-3,6,11H,4-5,7,14H2,1H3,(H2,15,17). The first kappa shape index (κ1) is 13.4. The van der Waals surface area contributed by atoms with E-state index in [0.29, 0.717) is 24.4 Å². The normalized spacial score (nSPS) is 19.2. The fourth-order valence-electron chi connectivity index (χ4n) is 2.05. The van der Waals surface area contributed by atoms with Crippen LogP contribution in [0.15, 0.2) is 18.2 Å². The number of nitrogen functional groups attached to an aromatic ring is 1. The number of amides is 2. The third kappa shape index (κ3) is 2.85. The number of nitrogens with zero attached hydrogens (tertiary/aromatic N) is 1. The monoisotopic (exact) mass is 263 g/mol. The predicted molar refractivity (Wildman–Crippen MR) is 70.4 cm³/mol. The topological polar surface area (TPSA) is 98.7 Å². The summed E-state index contributed by atoms with van der Waals surface area (Å²) >= 11 is 0. The quantitative estimate of drug-likeness (QED) is 0.728. The van der Waals surface area contributed by atoms with Gasteiger partial charge in [-0.25, -0.2) is 0 Å². The number of hydrogen-bond donors (Lipinski definition) is 2. The van der Waals surface area contributed by atoms with Crippen molar-refractivity contribution >= 4 is 17.5 Å². The van der Waals surface area contributed by atoms with Crippen molar-refractivity contribution in [3.05, 3.63) is 29.3 Å². The predicted octanol–water partition coefficient (Wildman–Crippen LogP) is -0.0965. The molecular formula is C13H17N3O3. The zero-order valence-electron chi connectivity index (χ0n) is 10.8. The summed E-state index contributed by atoms with van der Waals surface area (Å²) in [4.78, 5) is 25.1. The number of ether oxygens (including phenoxy) is 1. The Morgan fingerprint density at radius 1 is 1.42 bits per heavy atom. The summed E-state index contributed by atoms with van der Waals surface area (Å²) in [6.45, 7) is 2.78. The van der Waals surface area contributed by atoms with Gasteiger partial charge >= 0.3 is 0 Å². The van der Waals surface area contributed by atoms with E-state index in [0.717, 1.165) is 5.56 Å². The van der Waals surface area contributed by atoms with E-state index in [1.807, 2.05) is 6.92 Å². The molecule has 0 aliphatic carbocycles. The summed E-state index contributed by atoms with van der Waals surface area (Å²) in [6.07, 6.45) is -0.737. The summed E-state index contributed by atoms with van der Waals surface area (Å²) in [5, 5.41) is 0. The van der Waals surface area contributed by atoms with Gasteiger partial charge in [-0.2, -0.15) is 0 Å². The van der Waals surface area contributed by atoms with E-state index in [4.69, 9.17) is 16.2 Å². The van der Waals surface area contributed by atoms with E-state index in [1.54, 1.807) is 23.1 Å². The fraction of sp³-hybridized carbons (Fsp3) is 0.385. The average Bonchev–Trinajstić information content (AvgIpc) is 2.41. The molecule has 1 unspecified atom stereocenters. The second kappa shape index (κ2) is 5.27. The lowest BCUT2D eigenvalue weighted by atomic mass is 10.1. The Kier molecular flexibility index (Phi) is 3.71. The highest BCUT2D eigenvalue weighted by molar-refractivity contribution is 5.97. The van der Waals surface area contributed by atoms with Gasteiger partial charge in [0.1, 0.15) is 0 Å². The minimum absolute atomic E-state index is 0.153. The van der Waals surface area contributed by atoms with Crippen LogP contribution in [0.5, 0.6) is 0 Å². The molecule has 1 aliphatic heterocycles. The molecule has 6 heteroatoms. The molecule has 4 N–H and O–H groups in total. The SMILES string of the molecule is Cc1ccc(N)cc1C(=O)N1CCOC(C(N)=O)C1. The molecule has 2 rings (SSSR count). The average molecular weight is 263 g/mol. The molecule has 1 heterocycles. The highest BCUT2D eigenvalue weighted by Gasteiger charge is 2.28. The van der Waals surface area contributed by atoms with Crippen LogP contribution in [-0.4, -0.2) is 42.5 Å². The summed E-state index contributed by atoms with van der Waals surface area (Å²) in [5.41, 5.74) is 12.8.